The number of aryl methyl sites for hydroxylation is 1. The van der Waals surface area contributed by atoms with Crippen LogP contribution in [0.3, 0.4) is 0 Å². The molecule has 0 aliphatic carbocycles. The first-order valence-corrected chi connectivity index (χ1v) is 10.6. The lowest BCUT2D eigenvalue weighted by atomic mass is 10.1. The molecule has 1 unspecified atom stereocenters. The van der Waals surface area contributed by atoms with Crippen LogP contribution in [0.1, 0.15) is 31.3 Å². The number of aromatic nitrogens is 3. The van der Waals surface area contributed by atoms with Crippen LogP contribution in [-0.4, -0.2) is 23.5 Å². The van der Waals surface area contributed by atoms with Gasteiger partial charge in [-0.15, -0.1) is 0 Å². The number of rotatable bonds is 6. The van der Waals surface area contributed by atoms with Crippen LogP contribution in [0.4, 0.5) is 0 Å². The lowest BCUT2D eigenvalue weighted by molar-refractivity contribution is 0.311. The maximum absolute atomic E-state index is 12.8. The van der Waals surface area contributed by atoms with Crippen LogP contribution in [0.2, 0.25) is 0 Å². The molecule has 0 bridgehead atoms. The van der Waals surface area contributed by atoms with Crippen molar-refractivity contribution in [2.75, 3.05) is 0 Å². The van der Waals surface area contributed by atoms with Gasteiger partial charge in [0.05, 0.1) is 4.90 Å². The molecule has 1 atom stereocenters. The van der Waals surface area contributed by atoms with Crippen molar-refractivity contribution < 1.29 is 12.9 Å². The van der Waals surface area contributed by atoms with Crippen LogP contribution in [-0.2, 0) is 10.0 Å². The summed E-state index contributed by atoms with van der Waals surface area (Å²) in [6.45, 7) is 5.61. The highest BCUT2D eigenvalue weighted by atomic mass is 79.9. The smallest absolute Gasteiger partial charge is 0.245 e. The fraction of sp³-hybridized carbons (Fsp3) is 0.278. The van der Waals surface area contributed by atoms with E-state index in [0.29, 0.717) is 5.82 Å². The Bertz CT molecular complexity index is 1040. The topological polar surface area (TPSA) is 98.0 Å². The lowest BCUT2D eigenvalue weighted by Gasteiger charge is -2.18. The Morgan fingerprint density at radius 3 is 2.48 bits per heavy atom. The van der Waals surface area contributed by atoms with E-state index in [1.165, 1.54) is 0 Å². The Labute approximate surface area is 166 Å². The Kier molecular flexibility index (Phi) is 5.73. The second-order valence-corrected chi connectivity index (χ2v) is 9.01. The van der Waals surface area contributed by atoms with Crippen molar-refractivity contribution >= 4 is 26.0 Å². The van der Waals surface area contributed by atoms with E-state index in [4.69, 9.17) is 4.52 Å². The molecular formula is C18H19BrN4O3S. The molecule has 0 radical (unpaired) electrons. The van der Waals surface area contributed by atoms with Crippen molar-refractivity contribution in [2.24, 2.45) is 5.92 Å². The summed E-state index contributed by atoms with van der Waals surface area (Å²) in [4.78, 5) is 8.51. The molecule has 1 N–H and O–H groups in total. The van der Waals surface area contributed by atoms with Gasteiger partial charge in [0.15, 0.2) is 0 Å². The Morgan fingerprint density at radius 1 is 1.15 bits per heavy atom. The second-order valence-electron chi connectivity index (χ2n) is 6.45. The molecule has 1 aromatic carbocycles. The van der Waals surface area contributed by atoms with Gasteiger partial charge in [-0.3, -0.25) is 4.98 Å². The highest BCUT2D eigenvalue weighted by molar-refractivity contribution is 9.10. The van der Waals surface area contributed by atoms with Crippen molar-refractivity contribution in [3.63, 3.8) is 0 Å². The van der Waals surface area contributed by atoms with Gasteiger partial charge in [0.25, 0.3) is 0 Å². The molecule has 9 heteroatoms. The molecule has 27 heavy (non-hydrogen) atoms. The van der Waals surface area contributed by atoms with E-state index in [9.17, 15) is 8.42 Å². The number of hydrogen-bond acceptors (Lipinski definition) is 6. The van der Waals surface area contributed by atoms with Gasteiger partial charge in [-0.1, -0.05) is 34.9 Å². The molecule has 3 rings (SSSR count). The minimum absolute atomic E-state index is 0.0953. The van der Waals surface area contributed by atoms with Crippen LogP contribution < -0.4 is 4.72 Å². The van der Waals surface area contributed by atoms with E-state index in [0.717, 1.165) is 15.6 Å². The van der Waals surface area contributed by atoms with Gasteiger partial charge in [0.1, 0.15) is 6.04 Å². The molecule has 0 spiro atoms. The average molecular weight is 451 g/mol. The maximum atomic E-state index is 12.8. The fourth-order valence-electron chi connectivity index (χ4n) is 2.47. The molecule has 7 nitrogen and oxygen atoms in total. The minimum Gasteiger partial charge on any atom is -0.337 e. The highest BCUT2D eigenvalue weighted by Gasteiger charge is 2.29. The van der Waals surface area contributed by atoms with Gasteiger partial charge in [-0.05, 0) is 48.7 Å². The Balaban J connectivity index is 1.90. The van der Waals surface area contributed by atoms with E-state index in [-0.39, 0.29) is 16.7 Å². The molecule has 0 amide bonds. The number of benzene rings is 1. The maximum Gasteiger partial charge on any atom is 0.245 e. The van der Waals surface area contributed by atoms with E-state index >= 15 is 0 Å². The van der Waals surface area contributed by atoms with Crippen LogP contribution in [0, 0.1) is 12.8 Å². The number of hydrogen-bond donors (Lipinski definition) is 1. The summed E-state index contributed by atoms with van der Waals surface area (Å²) in [6.07, 6.45) is 3.26. The van der Waals surface area contributed by atoms with Crippen molar-refractivity contribution in [2.45, 2.75) is 31.7 Å². The zero-order valence-electron chi connectivity index (χ0n) is 15.0. The van der Waals surface area contributed by atoms with Gasteiger partial charge in [0, 0.05) is 22.4 Å². The molecule has 0 aliphatic heterocycles. The van der Waals surface area contributed by atoms with Crippen molar-refractivity contribution in [1.82, 2.24) is 19.8 Å². The largest absolute Gasteiger partial charge is 0.337 e. The third-order valence-corrected chi connectivity index (χ3v) is 6.36. The average Bonchev–Trinajstić information content (AvgIpc) is 3.12. The first-order valence-electron chi connectivity index (χ1n) is 8.30. The lowest BCUT2D eigenvalue weighted by Crippen LogP contribution is -2.32. The number of pyridine rings is 1. The third-order valence-electron chi connectivity index (χ3n) is 4.03. The van der Waals surface area contributed by atoms with Crippen LogP contribution >= 0.6 is 15.9 Å². The van der Waals surface area contributed by atoms with Gasteiger partial charge in [-0.25, -0.2) is 8.42 Å². The summed E-state index contributed by atoms with van der Waals surface area (Å²) in [5.74, 6) is 0.507. The molecule has 142 valence electrons. The Hall–Kier alpha value is -2.10. The van der Waals surface area contributed by atoms with Gasteiger partial charge in [-0.2, -0.15) is 9.71 Å². The molecule has 2 aromatic heterocycles. The quantitative estimate of drug-likeness (QED) is 0.611. The summed E-state index contributed by atoms with van der Waals surface area (Å²) < 4.78 is 34.6. The standard InChI is InChI=1S/C18H19BrN4O3S/c1-11(2)16(18-21-17(22-26-18)13-6-8-20-9-7-13)23-27(24,25)14-4-5-15(19)12(3)10-14/h4-11,16,23H,1-3H3. The third kappa shape index (κ3) is 4.42. The predicted octanol–water partition coefficient (Wildman–Crippen LogP) is 3.88. The normalized spacial score (nSPS) is 13.1. The number of halogens is 1. The van der Waals surface area contributed by atoms with Gasteiger partial charge >= 0.3 is 0 Å². The predicted molar refractivity (Wildman–Crippen MR) is 104 cm³/mol. The molecule has 0 saturated carbocycles. The first kappa shape index (κ1) is 19.7. The number of nitrogens with zero attached hydrogens (tertiary/aromatic N) is 3. The van der Waals surface area contributed by atoms with Crippen molar-refractivity contribution in [1.29, 1.82) is 0 Å². The highest BCUT2D eigenvalue weighted by Crippen LogP contribution is 2.26. The summed E-state index contributed by atoms with van der Waals surface area (Å²) in [6, 6.07) is 7.74. The molecule has 0 saturated heterocycles. The van der Waals surface area contributed by atoms with E-state index in [1.807, 2.05) is 20.8 Å². The summed E-state index contributed by atoms with van der Waals surface area (Å²) >= 11 is 3.38. The van der Waals surface area contributed by atoms with E-state index in [2.05, 4.69) is 35.8 Å². The SMILES string of the molecule is Cc1cc(S(=O)(=O)NC(c2nc(-c3ccncc3)no2)C(C)C)ccc1Br. The monoisotopic (exact) mass is 450 g/mol. The van der Waals surface area contributed by atoms with Gasteiger partial charge in [0.2, 0.25) is 21.7 Å². The second kappa shape index (κ2) is 7.87. The minimum atomic E-state index is -3.76. The summed E-state index contributed by atoms with van der Waals surface area (Å²) in [7, 11) is -3.76. The zero-order chi connectivity index (χ0) is 19.6. The van der Waals surface area contributed by atoms with Crippen molar-refractivity contribution in [3.8, 4) is 11.4 Å². The molecule has 3 aromatic rings. The fourth-order valence-corrected chi connectivity index (χ4v) is 4.14. The number of sulfonamides is 1. The number of nitrogens with one attached hydrogen (secondary N) is 1. The van der Waals surface area contributed by atoms with Gasteiger partial charge < -0.3 is 4.52 Å². The zero-order valence-corrected chi connectivity index (χ0v) is 17.5. The first-order chi connectivity index (χ1) is 12.8. The Morgan fingerprint density at radius 2 is 1.85 bits per heavy atom. The van der Waals surface area contributed by atoms with Crippen LogP contribution in [0.25, 0.3) is 11.4 Å². The van der Waals surface area contributed by atoms with Crippen LogP contribution in [0.15, 0.2) is 56.6 Å². The summed E-state index contributed by atoms with van der Waals surface area (Å²) in [5, 5.41) is 3.96. The summed E-state index contributed by atoms with van der Waals surface area (Å²) in [5.41, 5.74) is 1.57. The molecular weight excluding hydrogens is 432 g/mol. The molecule has 2 heterocycles. The van der Waals surface area contributed by atoms with E-state index in [1.54, 1.807) is 42.7 Å². The molecule has 0 aliphatic rings. The molecule has 0 fully saturated rings. The van der Waals surface area contributed by atoms with Crippen molar-refractivity contribution in [3.05, 3.63) is 58.7 Å². The van der Waals surface area contributed by atoms with Crippen LogP contribution in [0.5, 0.6) is 0 Å². The van der Waals surface area contributed by atoms with E-state index < -0.39 is 16.1 Å².